The van der Waals surface area contributed by atoms with Gasteiger partial charge in [-0.2, -0.15) is 0 Å². The van der Waals surface area contributed by atoms with Crippen LogP contribution in [0.25, 0.3) is 6.08 Å². The van der Waals surface area contributed by atoms with Crippen molar-refractivity contribution >= 4 is 46.2 Å². The Morgan fingerprint density at radius 3 is 2.60 bits per heavy atom. The monoisotopic (exact) mass is 374 g/mol. The maximum atomic E-state index is 14.0. The van der Waals surface area contributed by atoms with E-state index in [-0.39, 0.29) is 16.5 Å². The molecule has 3 rings (SSSR count). The van der Waals surface area contributed by atoms with Crippen LogP contribution in [-0.4, -0.2) is 22.5 Å². The Bertz CT molecular complexity index is 857. The summed E-state index contributed by atoms with van der Waals surface area (Å²) in [6.45, 7) is 4.36. The lowest BCUT2D eigenvalue weighted by Crippen LogP contribution is -2.28. The van der Waals surface area contributed by atoms with Crippen LogP contribution in [0.4, 0.5) is 10.1 Å². The van der Waals surface area contributed by atoms with Gasteiger partial charge in [0.2, 0.25) is 0 Å². The maximum absolute atomic E-state index is 14.0. The van der Waals surface area contributed by atoms with Gasteiger partial charge >= 0.3 is 0 Å². The van der Waals surface area contributed by atoms with Crippen LogP contribution in [0.5, 0.6) is 0 Å². The van der Waals surface area contributed by atoms with E-state index in [0.717, 1.165) is 11.3 Å². The van der Waals surface area contributed by atoms with E-state index in [1.807, 2.05) is 38.1 Å². The first-order chi connectivity index (χ1) is 12.0. The van der Waals surface area contributed by atoms with E-state index < -0.39 is 5.82 Å². The van der Waals surface area contributed by atoms with E-state index in [1.165, 1.54) is 30.0 Å². The third-order valence-corrected chi connectivity index (χ3v) is 5.07. The highest BCUT2D eigenvalue weighted by atomic mass is 35.5. The van der Waals surface area contributed by atoms with Crippen molar-refractivity contribution in [3.8, 4) is 0 Å². The summed E-state index contributed by atoms with van der Waals surface area (Å²) in [5.74, 6) is -0.655. The minimum atomic E-state index is -0.458. The van der Waals surface area contributed by atoms with Crippen LogP contribution >= 0.6 is 23.4 Å². The number of amidine groups is 1. The first-order valence-corrected chi connectivity index (χ1v) is 9.00. The predicted molar refractivity (Wildman–Crippen MR) is 103 cm³/mol. The minimum Gasteiger partial charge on any atom is -0.287 e. The summed E-state index contributed by atoms with van der Waals surface area (Å²) < 4.78 is 14.0. The van der Waals surface area contributed by atoms with Gasteiger partial charge in [0.05, 0.1) is 15.6 Å². The number of benzene rings is 2. The fourth-order valence-electron chi connectivity index (χ4n) is 2.38. The highest BCUT2D eigenvalue weighted by molar-refractivity contribution is 8.18. The first-order valence-electron chi connectivity index (χ1n) is 7.80. The van der Waals surface area contributed by atoms with Crippen LogP contribution < -0.4 is 0 Å². The van der Waals surface area contributed by atoms with Gasteiger partial charge in [0.15, 0.2) is 5.17 Å². The average Bonchev–Trinajstić information content (AvgIpc) is 2.88. The third kappa shape index (κ3) is 3.78. The zero-order valence-corrected chi connectivity index (χ0v) is 15.4. The lowest BCUT2D eigenvalue weighted by molar-refractivity contribution is -0.122. The number of aliphatic imine (C=N–C) groups is 1. The number of thioether (sulfide) groups is 1. The number of carbonyl (C=O) groups excluding carboxylic acids is 1. The first kappa shape index (κ1) is 17.7. The normalized spacial score (nSPS) is 17.8. The molecule has 0 atom stereocenters. The van der Waals surface area contributed by atoms with Crippen LogP contribution in [0, 0.1) is 12.7 Å². The van der Waals surface area contributed by atoms with E-state index in [1.54, 1.807) is 11.0 Å². The zero-order valence-electron chi connectivity index (χ0n) is 13.8. The molecule has 0 aromatic heterocycles. The number of rotatable bonds is 3. The van der Waals surface area contributed by atoms with Crippen LogP contribution in [0.3, 0.4) is 0 Å². The molecule has 1 heterocycles. The van der Waals surface area contributed by atoms with Crippen LogP contribution in [0.2, 0.25) is 5.02 Å². The summed E-state index contributed by atoms with van der Waals surface area (Å²) in [5, 5.41) is 0.850. The molecule has 0 spiro atoms. The predicted octanol–water partition coefficient (Wildman–Crippen LogP) is 5.41. The topological polar surface area (TPSA) is 32.7 Å². The molecule has 1 amide bonds. The highest BCUT2D eigenvalue weighted by Gasteiger charge is 2.32. The molecule has 1 aliphatic rings. The number of carbonyl (C=O) groups is 1. The smallest absolute Gasteiger partial charge is 0.266 e. The van der Waals surface area contributed by atoms with E-state index in [9.17, 15) is 9.18 Å². The van der Waals surface area contributed by atoms with Gasteiger partial charge in [0.1, 0.15) is 5.82 Å². The number of aryl methyl sites for hydroxylation is 1. The minimum absolute atomic E-state index is 0.197. The summed E-state index contributed by atoms with van der Waals surface area (Å²) in [6.07, 6.45) is 1.49. The number of likely N-dealkylation sites (N-methyl/N-ethyl adjacent to an activating group) is 1. The Morgan fingerprint density at radius 1 is 1.24 bits per heavy atom. The lowest BCUT2D eigenvalue weighted by atomic mass is 10.2. The molecule has 0 N–H and O–H groups in total. The third-order valence-electron chi connectivity index (χ3n) is 3.74. The molecule has 128 valence electrons. The molecule has 6 heteroatoms. The van der Waals surface area contributed by atoms with E-state index in [0.29, 0.717) is 16.6 Å². The molecule has 1 fully saturated rings. The van der Waals surface area contributed by atoms with Crippen molar-refractivity contribution in [3.63, 3.8) is 0 Å². The van der Waals surface area contributed by atoms with Gasteiger partial charge in [-0.3, -0.25) is 9.69 Å². The van der Waals surface area contributed by atoms with Gasteiger partial charge in [0.25, 0.3) is 5.91 Å². The van der Waals surface area contributed by atoms with Crippen LogP contribution in [0.1, 0.15) is 18.1 Å². The largest absolute Gasteiger partial charge is 0.287 e. The zero-order chi connectivity index (χ0) is 18.0. The van der Waals surface area contributed by atoms with Crippen molar-refractivity contribution in [2.45, 2.75) is 13.8 Å². The second-order valence-corrected chi connectivity index (χ2v) is 6.94. The van der Waals surface area contributed by atoms with E-state index in [4.69, 9.17) is 11.6 Å². The number of hydrogen-bond acceptors (Lipinski definition) is 3. The number of amides is 1. The van der Waals surface area contributed by atoms with Gasteiger partial charge in [0, 0.05) is 12.1 Å². The Kier molecular flexibility index (Phi) is 5.25. The Hall–Kier alpha value is -2.11. The Morgan fingerprint density at radius 2 is 1.96 bits per heavy atom. The standard InChI is InChI=1S/C19H16ClFN2OS/c1-3-23-18(24)17(11-14-15(20)5-4-6-16(14)21)25-19(23)22-13-9-7-12(2)8-10-13/h4-11H,3H2,1-2H3/b17-11+,22-19?. The van der Waals surface area contributed by atoms with Crippen molar-refractivity contribution in [3.05, 3.63) is 69.3 Å². The van der Waals surface area contributed by atoms with Crippen molar-refractivity contribution in [2.24, 2.45) is 4.99 Å². The quantitative estimate of drug-likeness (QED) is 0.673. The molecule has 2 aromatic carbocycles. The second kappa shape index (κ2) is 7.42. The summed E-state index contributed by atoms with van der Waals surface area (Å²) in [6, 6.07) is 12.2. The molecule has 25 heavy (non-hydrogen) atoms. The summed E-state index contributed by atoms with van der Waals surface area (Å²) in [7, 11) is 0. The fraction of sp³-hybridized carbons (Fsp3) is 0.158. The maximum Gasteiger partial charge on any atom is 0.266 e. The summed E-state index contributed by atoms with van der Waals surface area (Å²) in [4.78, 5) is 19.1. The van der Waals surface area contributed by atoms with Crippen molar-refractivity contribution in [1.82, 2.24) is 4.90 Å². The van der Waals surface area contributed by atoms with Gasteiger partial charge in [-0.25, -0.2) is 9.38 Å². The van der Waals surface area contributed by atoms with Crippen LogP contribution in [0.15, 0.2) is 52.4 Å². The van der Waals surface area contributed by atoms with E-state index in [2.05, 4.69) is 4.99 Å². The van der Waals surface area contributed by atoms with Gasteiger partial charge in [-0.15, -0.1) is 0 Å². The number of halogens is 2. The van der Waals surface area contributed by atoms with Crippen molar-refractivity contribution in [2.75, 3.05) is 6.54 Å². The van der Waals surface area contributed by atoms with Crippen LogP contribution in [-0.2, 0) is 4.79 Å². The van der Waals surface area contributed by atoms with Gasteiger partial charge in [-0.1, -0.05) is 35.4 Å². The number of nitrogens with zero attached hydrogens (tertiary/aromatic N) is 2. The van der Waals surface area contributed by atoms with Crippen molar-refractivity contribution in [1.29, 1.82) is 0 Å². The number of hydrogen-bond donors (Lipinski definition) is 0. The Balaban J connectivity index is 1.97. The molecular weight excluding hydrogens is 359 g/mol. The molecule has 0 radical (unpaired) electrons. The lowest BCUT2D eigenvalue weighted by Gasteiger charge is -2.12. The molecular formula is C19H16ClFN2OS. The Labute approximate surface area is 155 Å². The molecule has 0 unspecified atom stereocenters. The molecule has 0 aliphatic carbocycles. The molecule has 0 bridgehead atoms. The molecule has 3 nitrogen and oxygen atoms in total. The SMILES string of the molecule is CCN1C(=O)/C(=C\c2c(F)cccc2Cl)SC1=Nc1ccc(C)cc1. The van der Waals surface area contributed by atoms with E-state index >= 15 is 0 Å². The second-order valence-electron chi connectivity index (χ2n) is 5.53. The molecule has 0 saturated carbocycles. The fourth-order valence-corrected chi connectivity index (χ4v) is 3.64. The summed E-state index contributed by atoms with van der Waals surface area (Å²) in [5.41, 5.74) is 2.12. The average molecular weight is 375 g/mol. The van der Waals surface area contributed by atoms with Crippen molar-refractivity contribution < 1.29 is 9.18 Å². The molecule has 1 aliphatic heterocycles. The highest BCUT2D eigenvalue weighted by Crippen LogP contribution is 2.35. The summed E-state index contributed by atoms with van der Waals surface area (Å²) >= 11 is 7.28. The molecule has 2 aromatic rings. The van der Waals surface area contributed by atoms with Gasteiger partial charge in [-0.05, 0) is 56.0 Å². The molecule has 1 saturated heterocycles. The van der Waals surface area contributed by atoms with Gasteiger partial charge < -0.3 is 0 Å².